The minimum atomic E-state index is -1.34. The van der Waals surface area contributed by atoms with E-state index in [9.17, 15) is 4.79 Å². The molecule has 6 N–H and O–H groups in total. The van der Waals surface area contributed by atoms with Crippen LogP contribution >= 0.6 is 0 Å². The maximum Gasteiger partial charge on any atom is 0.504 e. The molecule has 1 aromatic carbocycles. The van der Waals surface area contributed by atoms with E-state index in [0.717, 1.165) is 0 Å². The van der Waals surface area contributed by atoms with E-state index in [1.54, 1.807) is 18.2 Å². The van der Waals surface area contributed by atoms with Crippen LogP contribution < -0.4 is 16.1 Å². The first-order valence-corrected chi connectivity index (χ1v) is 5.01. The van der Waals surface area contributed by atoms with E-state index < -0.39 is 19.2 Å². The second-order valence-corrected chi connectivity index (χ2v) is 4.05. The van der Waals surface area contributed by atoms with Crippen LogP contribution in [0.3, 0.4) is 0 Å². The third kappa shape index (κ3) is 3.37. The Labute approximate surface area is 99.5 Å². The molecule has 0 saturated heterocycles. The van der Waals surface area contributed by atoms with Crippen molar-refractivity contribution >= 4 is 19.3 Å². The summed E-state index contributed by atoms with van der Waals surface area (Å²) in [7, 11) is -0.465. The van der Waals surface area contributed by atoms with E-state index in [1.165, 1.54) is 6.92 Å². The van der Waals surface area contributed by atoms with Gasteiger partial charge >= 0.3 is 13.7 Å². The van der Waals surface area contributed by atoms with Crippen molar-refractivity contribution in [2.45, 2.75) is 18.9 Å². The summed E-state index contributed by atoms with van der Waals surface area (Å²) in [5, 5.41) is 17.5. The molecule has 0 fully saturated rings. The molecular weight excluding hydrogens is 223 g/mol. The number of nitrogen functional groups attached to an aromatic ring is 1. The first-order chi connectivity index (χ1) is 7.86. The van der Waals surface area contributed by atoms with Crippen molar-refractivity contribution < 1.29 is 19.6 Å². The highest BCUT2D eigenvalue weighted by molar-refractivity contribution is 6.17. The lowest BCUT2D eigenvalue weighted by atomic mass is 9.94. The van der Waals surface area contributed by atoms with E-state index in [2.05, 4.69) is 0 Å². The monoisotopic (exact) mass is 238 g/mol. The Balaban J connectivity index is 2.87. The first kappa shape index (κ1) is 13.3. The molecule has 6 nitrogen and oxygen atoms in total. The molecule has 1 aromatic rings. The molecular formula is C10H15BN2O4. The van der Waals surface area contributed by atoms with Gasteiger partial charge in [0.15, 0.2) is 0 Å². The molecule has 0 radical (unpaired) electrons. The Morgan fingerprint density at radius 1 is 1.59 bits per heavy atom. The summed E-state index contributed by atoms with van der Waals surface area (Å²) in [5.74, 6) is -0.725. The van der Waals surface area contributed by atoms with E-state index in [1.807, 2.05) is 0 Å². The summed E-state index contributed by atoms with van der Waals surface area (Å²) in [4.78, 5) is 10.9. The SMILES string of the molecule is C[C@](N)(Cc1ccc(OBO)c(N)c1)C(=O)O. The van der Waals surface area contributed by atoms with Crippen LogP contribution in [0.2, 0.25) is 0 Å². The van der Waals surface area contributed by atoms with Crippen molar-refractivity contribution in [3.8, 4) is 5.75 Å². The van der Waals surface area contributed by atoms with Crippen molar-refractivity contribution in [3.05, 3.63) is 23.8 Å². The Hall–Kier alpha value is -1.73. The maximum absolute atomic E-state index is 10.9. The van der Waals surface area contributed by atoms with E-state index in [0.29, 0.717) is 17.0 Å². The van der Waals surface area contributed by atoms with Gasteiger partial charge in [-0.25, -0.2) is 0 Å². The predicted molar refractivity (Wildman–Crippen MR) is 64.8 cm³/mol. The number of rotatable bonds is 5. The van der Waals surface area contributed by atoms with Crippen LogP contribution in [0.1, 0.15) is 12.5 Å². The minimum Gasteiger partial charge on any atom is -0.537 e. The van der Waals surface area contributed by atoms with Gasteiger partial charge in [-0.15, -0.1) is 0 Å². The highest BCUT2D eigenvalue weighted by Gasteiger charge is 2.28. The molecule has 0 saturated carbocycles. The molecule has 0 aliphatic rings. The lowest BCUT2D eigenvalue weighted by molar-refractivity contribution is -0.142. The number of carboxylic acid groups (broad SMARTS) is 1. The van der Waals surface area contributed by atoms with Crippen LogP contribution in [-0.2, 0) is 11.2 Å². The van der Waals surface area contributed by atoms with Gasteiger partial charge < -0.3 is 26.3 Å². The Morgan fingerprint density at radius 3 is 2.71 bits per heavy atom. The third-order valence-corrected chi connectivity index (χ3v) is 2.35. The number of anilines is 1. The molecule has 17 heavy (non-hydrogen) atoms. The van der Waals surface area contributed by atoms with Crippen molar-refractivity contribution in [1.29, 1.82) is 0 Å². The number of carboxylic acids is 1. The molecule has 1 atom stereocenters. The number of hydrogen-bond acceptors (Lipinski definition) is 5. The summed E-state index contributed by atoms with van der Waals surface area (Å²) in [6.07, 6.45) is 0.159. The quantitative estimate of drug-likeness (QED) is 0.396. The van der Waals surface area contributed by atoms with Gasteiger partial charge in [0.1, 0.15) is 11.3 Å². The molecule has 0 aliphatic heterocycles. The summed E-state index contributed by atoms with van der Waals surface area (Å²) in [6, 6.07) is 4.81. The summed E-state index contributed by atoms with van der Waals surface area (Å²) < 4.78 is 4.85. The second-order valence-electron chi connectivity index (χ2n) is 4.05. The topological polar surface area (TPSA) is 119 Å². The molecule has 0 aromatic heterocycles. The molecule has 92 valence electrons. The standard InChI is InChI=1S/C10H15BN2O4/c1-10(13,9(14)15)5-6-2-3-8(17-11-16)7(12)4-6/h2-4,11,16H,5,12-13H2,1H3,(H,14,15)/t10-/m0/s1. The highest BCUT2D eigenvalue weighted by atomic mass is 16.5. The van der Waals surface area contributed by atoms with Gasteiger partial charge in [-0.2, -0.15) is 0 Å². The summed E-state index contributed by atoms with van der Waals surface area (Å²) >= 11 is 0. The van der Waals surface area contributed by atoms with Crippen LogP contribution in [0.5, 0.6) is 5.75 Å². The smallest absolute Gasteiger partial charge is 0.504 e. The van der Waals surface area contributed by atoms with Gasteiger partial charge in [0.2, 0.25) is 0 Å². The van der Waals surface area contributed by atoms with Crippen LogP contribution in [0, 0.1) is 0 Å². The minimum absolute atomic E-state index is 0.159. The van der Waals surface area contributed by atoms with Gasteiger partial charge in [0.25, 0.3) is 0 Å². The average Bonchev–Trinajstić information content (AvgIpc) is 2.21. The molecule has 0 bridgehead atoms. The number of benzene rings is 1. The normalized spacial score (nSPS) is 13.8. The third-order valence-electron chi connectivity index (χ3n) is 2.35. The van der Waals surface area contributed by atoms with Crippen LogP contribution in [0.25, 0.3) is 0 Å². The fourth-order valence-corrected chi connectivity index (χ4v) is 1.41. The Bertz CT molecular complexity index is 423. The van der Waals surface area contributed by atoms with Gasteiger partial charge in [0.05, 0.1) is 5.69 Å². The zero-order chi connectivity index (χ0) is 13.1. The molecule has 0 aliphatic carbocycles. The maximum atomic E-state index is 10.9. The molecule has 0 spiro atoms. The van der Waals surface area contributed by atoms with Crippen molar-refractivity contribution in [1.82, 2.24) is 0 Å². The predicted octanol–water partition coefficient (Wildman–Crippen LogP) is -0.749. The van der Waals surface area contributed by atoms with Gasteiger partial charge in [-0.1, -0.05) is 6.07 Å². The largest absolute Gasteiger partial charge is 0.537 e. The fraction of sp³-hybridized carbons (Fsp3) is 0.300. The summed E-state index contributed by atoms with van der Waals surface area (Å²) in [6.45, 7) is 1.43. The van der Waals surface area contributed by atoms with E-state index in [-0.39, 0.29) is 6.42 Å². The fourth-order valence-electron chi connectivity index (χ4n) is 1.41. The lowest BCUT2D eigenvalue weighted by Gasteiger charge is -2.19. The lowest BCUT2D eigenvalue weighted by Crippen LogP contribution is -2.46. The Kier molecular flexibility index (Phi) is 3.98. The van der Waals surface area contributed by atoms with Crippen LogP contribution in [0.15, 0.2) is 18.2 Å². The van der Waals surface area contributed by atoms with Gasteiger partial charge in [-0.05, 0) is 24.6 Å². The van der Waals surface area contributed by atoms with Crippen LogP contribution in [-0.4, -0.2) is 29.3 Å². The Morgan fingerprint density at radius 2 is 2.24 bits per heavy atom. The molecule has 7 heteroatoms. The highest BCUT2D eigenvalue weighted by Crippen LogP contribution is 2.23. The van der Waals surface area contributed by atoms with Gasteiger partial charge in [0, 0.05) is 6.42 Å². The van der Waals surface area contributed by atoms with Gasteiger partial charge in [-0.3, -0.25) is 4.79 Å². The molecule has 0 amide bonds. The summed E-state index contributed by atoms with van der Waals surface area (Å²) in [5.41, 5.74) is 11.0. The van der Waals surface area contributed by atoms with E-state index >= 15 is 0 Å². The zero-order valence-corrected chi connectivity index (χ0v) is 9.51. The second kappa shape index (κ2) is 5.07. The number of aliphatic carboxylic acids is 1. The van der Waals surface area contributed by atoms with Crippen molar-refractivity contribution in [3.63, 3.8) is 0 Å². The molecule has 0 heterocycles. The number of nitrogens with two attached hydrogens (primary N) is 2. The average molecular weight is 238 g/mol. The molecule has 1 rings (SSSR count). The molecule has 0 unspecified atom stereocenters. The van der Waals surface area contributed by atoms with Crippen LogP contribution in [0.4, 0.5) is 5.69 Å². The number of carbonyl (C=O) groups is 1. The van der Waals surface area contributed by atoms with Crippen molar-refractivity contribution in [2.24, 2.45) is 5.73 Å². The van der Waals surface area contributed by atoms with Crippen molar-refractivity contribution in [2.75, 3.05) is 5.73 Å². The zero-order valence-electron chi connectivity index (χ0n) is 9.51. The number of hydrogen-bond donors (Lipinski definition) is 4. The first-order valence-electron chi connectivity index (χ1n) is 5.01. The van der Waals surface area contributed by atoms with E-state index in [4.69, 9.17) is 26.3 Å².